The highest BCUT2D eigenvalue weighted by molar-refractivity contribution is 9.10. The van der Waals surface area contributed by atoms with Gasteiger partial charge in [0, 0.05) is 6.42 Å². The molecule has 3 nitrogen and oxygen atoms in total. The fourth-order valence-electron chi connectivity index (χ4n) is 1.51. The van der Waals surface area contributed by atoms with Crippen molar-refractivity contribution >= 4 is 15.9 Å². The lowest BCUT2D eigenvalue weighted by molar-refractivity contribution is 0.148. The second-order valence-electron chi connectivity index (χ2n) is 3.53. The molecule has 2 rings (SSSR count). The summed E-state index contributed by atoms with van der Waals surface area (Å²) in [5, 5.41) is 19.2. The van der Waals surface area contributed by atoms with Gasteiger partial charge in [0.1, 0.15) is 17.6 Å². The van der Waals surface area contributed by atoms with Crippen molar-refractivity contribution in [2.45, 2.75) is 12.5 Å². The van der Waals surface area contributed by atoms with Crippen LogP contribution in [0.3, 0.4) is 0 Å². The molecule has 2 N–H and O–H groups in total. The molecule has 0 aliphatic carbocycles. The second-order valence-corrected chi connectivity index (χ2v) is 4.31. The van der Waals surface area contributed by atoms with Crippen molar-refractivity contribution in [3.8, 4) is 5.75 Å². The van der Waals surface area contributed by atoms with Gasteiger partial charge in [0.05, 0.1) is 0 Å². The van der Waals surface area contributed by atoms with Gasteiger partial charge < -0.3 is 14.6 Å². The Balaban J connectivity index is 2.10. The standard InChI is InChI=1S/C12H11BrO3/c13-12-5-4-11(16-12)10(15)7-8-2-1-3-9(14)6-8/h1-6,10,14-15H,7H2. The normalized spacial score (nSPS) is 12.6. The van der Waals surface area contributed by atoms with E-state index in [9.17, 15) is 10.2 Å². The minimum atomic E-state index is -0.701. The molecule has 0 aliphatic rings. The van der Waals surface area contributed by atoms with Gasteiger partial charge in [0.25, 0.3) is 0 Å². The molecule has 0 saturated carbocycles. The van der Waals surface area contributed by atoms with Crippen molar-refractivity contribution in [1.82, 2.24) is 0 Å². The summed E-state index contributed by atoms with van der Waals surface area (Å²) in [6.45, 7) is 0. The molecule has 16 heavy (non-hydrogen) atoms. The number of phenols is 1. The third kappa shape index (κ3) is 2.65. The Bertz CT molecular complexity index is 479. The topological polar surface area (TPSA) is 53.6 Å². The molecular weight excluding hydrogens is 272 g/mol. The summed E-state index contributed by atoms with van der Waals surface area (Å²) < 4.78 is 5.85. The molecule has 1 unspecified atom stereocenters. The Morgan fingerprint density at radius 2 is 2.06 bits per heavy atom. The van der Waals surface area contributed by atoms with E-state index in [-0.39, 0.29) is 5.75 Å². The lowest BCUT2D eigenvalue weighted by atomic mass is 10.1. The van der Waals surface area contributed by atoms with Crippen LogP contribution < -0.4 is 0 Å². The smallest absolute Gasteiger partial charge is 0.169 e. The first-order valence-corrected chi connectivity index (χ1v) is 5.65. The van der Waals surface area contributed by atoms with Crippen LogP contribution in [0.25, 0.3) is 0 Å². The van der Waals surface area contributed by atoms with Crippen LogP contribution in [0.2, 0.25) is 0 Å². The van der Waals surface area contributed by atoms with Gasteiger partial charge >= 0.3 is 0 Å². The van der Waals surface area contributed by atoms with Crippen LogP contribution in [0.1, 0.15) is 17.4 Å². The molecule has 1 heterocycles. The number of halogens is 1. The minimum absolute atomic E-state index is 0.199. The molecule has 84 valence electrons. The van der Waals surface area contributed by atoms with E-state index in [1.54, 1.807) is 30.3 Å². The van der Waals surface area contributed by atoms with E-state index in [1.807, 2.05) is 6.07 Å². The Hall–Kier alpha value is -1.26. The van der Waals surface area contributed by atoms with Crippen LogP contribution in [0.5, 0.6) is 5.75 Å². The second kappa shape index (κ2) is 4.72. The Kier molecular flexibility index (Phi) is 3.31. The Labute approximate surface area is 101 Å². The first-order valence-electron chi connectivity index (χ1n) is 4.86. The minimum Gasteiger partial charge on any atom is -0.508 e. The van der Waals surface area contributed by atoms with Crippen molar-refractivity contribution in [3.05, 3.63) is 52.4 Å². The number of hydrogen-bond donors (Lipinski definition) is 2. The van der Waals surface area contributed by atoms with Crippen LogP contribution >= 0.6 is 15.9 Å². The lowest BCUT2D eigenvalue weighted by Gasteiger charge is -2.07. The van der Waals surface area contributed by atoms with E-state index < -0.39 is 6.10 Å². The van der Waals surface area contributed by atoms with Crippen LogP contribution in [0, 0.1) is 0 Å². The molecule has 2 aromatic rings. The Morgan fingerprint density at radius 3 is 2.69 bits per heavy atom. The maximum Gasteiger partial charge on any atom is 0.169 e. The van der Waals surface area contributed by atoms with E-state index >= 15 is 0 Å². The highest BCUT2D eigenvalue weighted by Crippen LogP contribution is 2.24. The van der Waals surface area contributed by atoms with Gasteiger partial charge in [-0.2, -0.15) is 0 Å². The number of hydrogen-bond acceptors (Lipinski definition) is 3. The monoisotopic (exact) mass is 282 g/mol. The lowest BCUT2D eigenvalue weighted by Crippen LogP contribution is -2.00. The largest absolute Gasteiger partial charge is 0.508 e. The number of aliphatic hydroxyl groups is 1. The molecule has 1 aromatic heterocycles. The molecule has 0 spiro atoms. The molecule has 0 bridgehead atoms. The molecule has 1 atom stereocenters. The van der Waals surface area contributed by atoms with Gasteiger partial charge in [0.2, 0.25) is 0 Å². The highest BCUT2D eigenvalue weighted by Gasteiger charge is 2.12. The number of benzene rings is 1. The van der Waals surface area contributed by atoms with E-state index in [0.29, 0.717) is 16.9 Å². The zero-order valence-electron chi connectivity index (χ0n) is 8.43. The first kappa shape index (κ1) is 11.2. The van der Waals surface area contributed by atoms with E-state index in [4.69, 9.17) is 4.42 Å². The van der Waals surface area contributed by atoms with Gasteiger partial charge in [-0.1, -0.05) is 12.1 Å². The van der Waals surface area contributed by atoms with Crippen LogP contribution in [0.15, 0.2) is 45.5 Å². The first-order chi connectivity index (χ1) is 7.65. The van der Waals surface area contributed by atoms with Crippen molar-refractivity contribution in [1.29, 1.82) is 0 Å². The Morgan fingerprint density at radius 1 is 1.25 bits per heavy atom. The number of rotatable bonds is 3. The molecule has 0 fully saturated rings. The summed E-state index contributed by atoms with van der Waals surface area (Å²) in [6.07, 6.45) is -0.290. The summed E-state index contributed by atoms with van der Waals surface area (Å²) in [6, 6.07) is 10.3. The predicted octanol–water partition coefficient (Wildman–Crippen LogP) is 3.02. The van der Waals surface area contributed by atoms with Gasteiger partial charge in [-0.15, -0.1) is 0 Å². The maximum absolute atomic E-state index is 9.88. The van der Waals surface area contributed by atoms with Crippen LogP contribution in [-0.2, 0) is 6.42 Å². The zero-order valence-corrected chi connectivity index (χ0v) is 10.0. The third-order valence-corrected chi connectivity index (χ3v) is 2.69. The maximum atomic E-state index is 9.88. The van der Waals surface area contributed by atoms with E-state index in [1.165, 1.54) is 0 Å². The van der Waals surface area contributed by atoms with Crippen LogP contribution in [0.4, 0.5) is 0 Å². The third-order valence-electron chi connectivity index (χ3n) is 2.26. The quantitative estimate of drug-likeness (QED) is 0.910. The summed E-state index contributed by atoms with van der Waals surface area (Å²) in [7, 11) is 0. The number of aliphatic hydroxyl groups excluding tert-OH is 1. The summed E-state index contributed by atoms with van der Waals surface area (Å²) in [4.78, 5) is 0. The molecule has 0 radical (unpaired) electrons. The SMILES string of the molecule is Oc1cccc(CC(O)c2ccc(Br)o2)c1. The fourth-order valence-corrected chi connectivity index (χ4v) is 1.83. The zero-order chi connectivity index (χ0) is 11.5. The summed E-state index contributed by atoms with van der Waals surface area (Å²) in [5.74, 6) is 0.709. The molecule has 0 saturated heterocycles. The number of furan rings is 1. The van der Waals surface area contributed by atoms with Crippen molar-refractivity contribution in [2.24, 2.45) is 0 Å². The highest BCUT2D eigenvalue weighted by atomic mass is 79.9. The fraction of sp³-hybridized carbons (Fsp3) is 0.167. The number of phenolic OH excluding ortho intramolecular Hbond substituents is 1. The number of aromatic hydroxyl groups is 1. The average molecular weight is 283 g/mol. The molecular formula is C12H11BrO3. The van der Waals surface area contributed by atoms with Crippen LogP contribution in [-0.4, -0.2) is 10.2 Å². The van der Waals surface area contributed by atoms with Crippen molar-refractivity contribution in [2.75, 3.05) is 0 Å². The molecule has 0 aliphatic heterocycles. The predicted molar refractivity (Wildman–Crippen MR) is 63.2 cm³/mol. The molecule has 1 aromatic carbocycles. The van der Waals surface area contributed by atoms with Gasteiger partial charge in [-0.3, -0.25) is 0 Å². The molecule has 4 heteroatoms. The van der Waals surface area contributed by atoms with Gasteiger partial charge in [-0.05, 0) is 45.8 Å². The summed E-state index contributed by atoms with van der Waals surface area (Å²) >= 11 is 3.18. The van der Waals surface area contributed by atoms with Gasteiger partial charge in [-0.25, -0.2) is 0 Å². The van der Waals surface area contributed by atoms with Crippen molar-refractivity contribution < 1.29 is 14.6 Å². The van der Waals surface area contributed by atoms with E-state index in [2.05, 4.69) is 15.9 Å². The van der Waals surface area contributed by atoms with Crippen molar-refractivity contribution in [3.63, 3.8) is 0 Å². The van der Waals surface area contributed by atoms with Gasteiger partial charge in [0.15, 0.2) is 4.67 Å². The van der Waals surface area contributed by atoms with E-state index in [0.717, 1.165) is 5.56 Å². The summed E-state index contributed by atoms with van der Waals surface area (Å²) in [5.41, 5.74) is 0.861. The average Bonchev–Trinajstić information content (AvgIpc) is 2.65. The molecule has 0 amide bonds.